The lowest BCUT2D eigenvalue weighted by Gasteiger charge is -2.52. The molecule has 12 heteroatoms. The van der Waals surface area contributed by atoms with Crippen molar-refractivity contribution in [3.63, 3.8) is 0 Å². The number of halogens is 3. The number of alkyl halides is 3. The topological polar surface area (TPSA) is 97.8 Å². The highest BCUT2D eigenvalue weighted by molar-refractivity contribution is 7.16. The molecule has 1 saturated carbocycles. The van der Waals surface area contributed by atoms with Crippen LogP contribution >= 0.6 is 11.3 Å². The molecule has 3 N–H and O–H groups in total. The fraction of sp³-hybridized carbons (Fsp3) is 0.682. The summed E-state index contributed by atoms with van der Waals surface area (Å²) in [6.07, 6.45) is -5.50. The molecular formula is C22H31F3N6O2S. The molecule has 1 amide bonds. The van der Waals surface area contributed by atoms with Crippen molar-refractivity contribution in [3.05, 3.63) is 16.0 Å². The number of thiophene rings is 1. The fourth-order valence-electron chi connectivity index (χ4n) is 4.93. The van der Waals surface area contributed by atoms with E-state index in [2.05, 4.69) is 23.8 Å². The van der Waals surface area contributed by atoms with Crippen LogP contribution in [-0.4, -0.2) is 70.8 Å². The molecule has 34 heavy (non-hydrogen) atoms. The number of hydrogen-bond donors (Lipinski definition) is 2. The van der Waals surface area contributed by atoms with Gasteiger partial charge >= 0.3 is 6.18 Å². The third-order valence-corrected chi connectivity index (χ3v) is 7.90. The number of guanidine groups is 1. The number of nitrogens with zero attached hydrogens (tertiary/aromatic N) is 5. The van der Waals surface area contributed by atoms with Gasteiger partial charge in [0.05, 0.1) is 30.9 Å². The first-order valence-electron chi connectivity index (χ1n) is 11.3. The summed E-state index contributed by atoms with van der Waals surface area (Å²) in [5.74, 6) is 0.560. The lowest BCUT2D eigenvalue weighted by atomic mass is 9.67. The summed E-state index contributed by atoms with van der Waals surface area (Å²) in [7, 11) is 0. The number of carbonyl (C=O) groups is 1. The molecule has 0 aromatic carbocycles. The Kier molecular flexibility index (Phi) is 6.34. The Morgan fingerprint density at radius 3 is 2.62 bits per heavy atom. The Labute approximate surface area is 200 Å². The van der Waals surface area contributed by atoms with Gasteiger partial charge in [-0.05, 0) is 37.7 Å². The molecule has 2 aliphatic heterocycles. The zero-order valence-corrected chi connectivity index (χ0v) is 20.6. The molecule has 3 heterocycles. The second kappa shape index (κ2) is 8.71. The summed E-state index contributed by atoms with van der Waals surface area (Å²) in [4.78, 5) is 27.6. The van der Waals surface area contributed by atoms with Gasteiger partial charge in [-0.1, -0.05) is 13.8 Å². The summed E-state index contributed by atoms with van der Waals surface area (Å²) in [6, 6.07) is -0.207. The van der Waals surface area contributed by atoms with E-state index in [9.17, 15) is 23.1 Å². The standard InChI is InChI=1S/C22H31F3N6O2S/c1-12-15(11-29-8-6-27-19(29)28-13(2)26)34-18-16(12)17(32)31(14-9-21(3,4)10-14)20(33)30(18)7-5-22(23,24)25/h14,20,33H,5-11H2,1-4H3,(H2,26,27,28). The maximum atomic E-state index is 13.5. The molecule has 1 aliphatic carbocycles. The van der Waals surface area contributed by atoms with Gasteiger partial charge in [0.1, 0.15) is 5.00 Å². The third kappa shape index (κ3) is 4.74. The van der Waals surface area contributed by atoms with Gasteiger partial charge < -0.3 is 20.6 Å². The molecule has 1 unspecified atom stereocenters. The van der Waals surface area contributed by atoms with Gasteiger partial charge in [0.15, 0.2) is 0 Å². The number of rotatable bonds is 5. The highest BCUT2D eigenvalue weighted by Crippen LogP contribution is 2.48. The minimum atomic E-state index is -4.38. The average Bonchev–Trinajstić information content (AvgIpc) is 3.23. The molecule has 1 fully saturated rings. The maximum absolute atomic E-state index is 13.5. The lowest BCUT2D eigenvalue weighted by molar-refractivity contribution is -0.134. The number of aliphatic hydroxyl groups excluding tert-OH is 1. The molecule has 188 valence electrons. The summed E-state index contributed by atoms with van der Waals surface area (Å²) in [6.45, 7) is 8.81. The number of amides is 1. The molecular weight excluding hydrogens is 469 g/mol. The van der Waals surface area contributed by atoms with Crippen LogP contribution in [0.3, 0.4) is 0 Å². The highest BCUT2D eigenvalue weighted by atomic mass is 32.1. The summed E-state index contributed by atoms with van der Waals surface area (Å²) >= 11 is 1.25. The fourth-order valence-corrected chi connectivity index (χ4v) is 6.28. The first-order valence-corrected chi connectivity index (χ1v) is 12.2. The number of anilines is 1. The first kappa shape index (κ1) is 24.8. The number of aliphatic imine (C=N–C) groups is 2. The predicted octanol–water partition coefficient (Wildman–Crippen LogP) is 3.28. The van der Waals surface area contributed by atoms with Gasteiger partial charge in [-0.3, -0.25) is 9.69 Å². The van der Waals surface area contributed by atoms with E-state index in [0.29, 0.717) is 54.8 Å². The Balaban J connectivity index is 1.67. The van der Waals surface area contributed by atoms with Crippen LogP contribution in [0.5, 0.6) is 0 Å². The van der Waals surface area contributed by atoms with E-state index < -0.39 is 25.5 Å². The van der Waals surface area contributed by atoms with Gasteiger partial charge in [-0.15, -0.1) is 11.3 Å². The quantitative estimate of drug-likeness (QED) is 0.478. The molecule has 1 aromatic heterocycles. The second-order valence-corrected chi connectivity index (χ2v) is 11.1. The highest BCUT2D eigenvalue weighted by Gasteiger charge is 2.49. The van der Waals surface area contributed by atoms with E-state index >= 15 is 0 Å². The van der Waals surface area contributed by atoms with Crippen molar-refractivity contribution in [2.24, 2.45) is 21.1 Å². The van der Waals surface area contributed by atoms with Crippen LogP contribution in [0.15, 0.2) is 9.98 Å². The van der Waals surface area contributed by atoms with Gasteiger partial charge in [0.2, 0.25) is 12.3 Å². The third-order valence-electron chi connectivity index (χ3n) is 6.59. The summed E-state index contributed by atoms with van der Waals surface area (Å²) < 4.78 is 39.3. The van der Waals surface area contributed by atoms with Crippen LogP contribution in [0.2, 0.25) is 0 Å². The number of hydrogen-bond acceptors (Lipinski definition) is 7. The molecule has 1 atom stereocenters. The number of amidine groups is 1. The van der Waals surface area contributed by atoms with Crippen molar-refractivity contribution in [3.8, 4) is 0 Å². The summed E-state index contributed by atoms with van der Waals surface area (Å²) in [5.41, 5.74) is 6.84. The van der Waals surface area contributed by atoms with Crippen molar-refractivity contribution in [1.29, 1.82) is 0 Å². The van der Waals surface area contributed by atoms with E-state index in [0.717, 1.165) is 10.4 Å². The number of nitrogens with two attached hydrogens (primary N) is 1. The van der Waals surface area contributed by atoms with E-state index in [-0.39, 0.29) is 17.4 Å². The lowest BCUT2D eigenvalue weighted by Crippen LogP contribution is -2.62. The van der Waals surface area contributed by atoms with E-state index in [4.69, 9.17) is 5.73 Å². The summed E-state index contributed by atoms with van der Waals surface area (Å²) in [5, 5.41) is 11.5. The smallest absolute Gasteiger partial charge is 0.387 e. The van der Waals surface area contributed by atoms with E-state index in [1.165, 1.54) is 21.1 Å². The van der Waals surface area contributed by atoms with Crippen molar-refractivity contribution >= 4 is 34.0 Å². The molecule has 0 saturated heterocycles. The average molecular weight is 501 g/mol. The van der Waals surface area contributed by atoms with Crippen LogP contribution in [0.25, 0.3) is 0 Å². The predicted molar refractivity (Wildman–Crippen MR) is 126 cm³/mol. The largest absolute Gasteiger partial charge is 0.390 e. The number of aliphatic hydroxyl groups is 1. The van der Waals surface area contributed by atoms with Crippen LogP contribution < -0.4 is 10.6 Å². The normalized spacial score (nSPS) is 23.4. The Bertz CT molecular complexity index is 1020. The molecule has 0 radical (unpaired) electrons. The van der Waals surface area contributed by atoms with Crippen LogP contribution in [0.1, 0.15) is 60.8 Å². The minimum absolute atomic E-state index is 0.0315. The Hall–Kier alpha value is -2.34. The van der Waals surface area contributed by atoms with Gasteiger partial charge in [-0.25, -0.2) is 9.98 Å². The molecule has 0 bridgehead atoms. The van der Waals surface area contributed by atoms with Gasteiger partial charge in [0, 0.05) is 24.0 Å². The van der Waals surface area contributed by atoms with E-state index in [1.54, 1.807) is 6.92 Å². The Morgan fingerprint density at radius 1 is 1.35 bits per heavy atom. The van der Waals surface area contributed by atoms with E-state index in [1.807, 2.05) is 11.8 Å². The second-order valence-electron chi connectivity index (χ2n) is 10.0. The van der Waals surface area contributed by atoms with Crippen LogP contribution in [0.4, 0.5) is 18.2 Å². The number of carbonyl (C=O) groups excluding carboxylic acids is 1. The van der Waals surface area contributed by atoms with Crippen LogP contribution in [0, 0.1) is 12.3 Å². The minimum Gasteiger partial charge on any atom is -0.387 e. The van der Waals surface area contributed by atoms with Crippen molar-refractivity contribution in [1.82, 2.24) is 9.80 Å². The van der Waals surface area contributed by atoms with Crippen molar-refractivity contribution in [2.75, 3.05) is 24.5 Å². The number of fused-ring (bicyclic) bond motifs is 1. The molecule has 3 aliphatic rings. The van der Waals surface area contributed by atoms with Gasteiger partial charge in [-0.2, -0.15) is 13.2 Å². The molecule has 1 aromatic rings. The molecule has 0 spiro atoms. The Morgan fingerprint density at radius 2 is 2.03 bits per heavy atom. The monoisotopic (exact) mass is 500 g/mol. The first-order chi connectivity index (χ1) is 15.8. The maximum Gasteiger partial charge on any atom is 0.390 e. The zero-order chi connectivity index (χ0) is 25.0. The van der Waals surface area contributed by atoms with Gasteiger partial charge in [0.25, 0.3) is 5.91 Å². The molecule has 8 nitrogen and oxygen atoms in total. The molecule has 4 rings (SSSR count). The van der Waals surface area contributed by atoms with Crippen LogP contribution in [-0.2, 0) is 6.54 Å². The SMILES string of the molecule is CC(N)=NC1=NCCN1Cc1sc2c(c1C)C(=O)N(C1CC(C)(C)C1)C(O)N2CCC(F)(F)F. The van der Waals surface area contributed by atoms with Crippen molar-refractivity contribution in [2.45, 2.75) is 72.1 Å². The van der Waals surface area contributed by atoms with Crippen molar-refractivity contribution < 1.29 is 23.1 Å². The zero-order valence-electron chi connectivity index (χ0n) is 19.8.